The van der Waals surface area contributed by atoms with Gasteiger partial charge in [0.1, 0.15) is 5.75 Å². The number of rotatable bonds is 8. The van der Waals surface area contributed by atoms with Crippen LogP contribution in [0.4, 0.5) is 0 Å². The van der Waals surface area contributed by atoms with E-state index >= 15 is 0 Å². The van der Waals surface area contributed by atoms with Crippen molar-refractivity contribution in [3.05, 3.63) is 48.0 Å². The van der Waals surface area contributed by atoms with E-state index in [1.165, 1.54) is 12.1 Å². The van der Waals surface area contributed by atoms with Crippen LogP contribution in [0.5, 0.6) is 17.2 Å². The molecule has 1 saturated heterocycles. The molecule has 2 aliphatic rings. The lowest BCUT2D eigenvalue weighted by molar-refractivity contribution is -0.131. The lowest BCUT2D eigenvalue weighted by atomic mass is 10.0. The summed E-state index contributed by atoms with van der Waals surface area (Å²) in [6.45, 7) is 4.26. The second-order valence-corrected chi connectivity index (χ2v) is 9.82. The molecule has 2 aromatic rings. The Morgan fingerprint density at radius 2 is 1.85 bits per heavy atom. The van der Waals surface area contributed by atoms with Gasteiger partial charge in [0.05, 0.1) is 30.8 Å². The first-order valence-corrected chi connectivity index (χ1v) is 12.9. The third kappa shape index (κ3) is 5.59. The van der Waals surface area contributed by atoms with Crippen LogP contribution in [-0.4, -0.2) is 52.1 Å². The van der Waals surface area contributed by atoms with Crippen LogP contribution < -0.4 is 18.9 Å². The van der Waals surface area contributed by atoms with Gasteiger partial charge in [0.15, 0.2) is 11.5 Å². The first kappa shape index (κ1) is 23.4. The fraction of sp³-hybridized carbons (Fsp3) is 0.458. The summed E-state index contributed by atoms with van der Waals surface area (Å²) in [6, 6.07) is 12.4. The van der Waals surface area contributed by atoms with Gasteiger partial charge in [0, 0.05) is 32.0 Å². The lowest BCUT2D eigenvalue weighted by Crippen LogP contribution is -2.34. The molecular formula is C24H30N2O6S. The molecule has 0 spiro atoms. The number of benzene rings is 2. The molecule has 4 rings (SSSR count). The number of hydrogen-bond donors (Lipinski definition) is 1. The van der Waals surface area contributed by atoms with Crippen molar-refractivity contribution in [1.82, 2.24) is 9.62 Å². The molecule has 1 amide bonds. The highest BCUT2D eigenvalue weighted by molar-refractivity contribution is 7.89. The highest BCUT2D eigenvalue weighted by Crippen LogP contribution is 2.34. The average molecular weight is 475 g/mol. The number of fused-ring (bicyclic) bond motifs is 1. The van der Waals surface area contributed by atoms with Crippen molar-refractivity contribution in [1.29, 1.82) is 0 Å². The Kier molecular flexibility index (Phi) is 7.39. The molecule has 1 atom stereocenters. The molecule has 2 aliphatic heterocycles. The van der Waals surface area contributed by atoms with Crippen LogP contribution >= 0.6 is 0 Å². The maximum Gasteiger partial charge on any atom is 0.240 e. The molecule has 1 fully saturated rings. The predicted molar refractivity (Wildman–Crippen MR) is 123 cm³/mol. The minimum Gasteiger partial charge on any atom is -0.494 e. The number of carbonyl (C=O) groups is 1. The Bertz CT molecular complexity index is 1070. The van der Waals surface area contributed by atoms with Gasteiger partial charge in [0.2, 0.25) is 15.9 Å². The van der Waals surface area contributed by atoms with E-state index in [2.05, 4.69) is 4.72 Å². The highest BCUT2D eigenvalue weighted by Gasteiger charge is 2.30. The van der Waals surface area contributed by atoms with Crippen molar-refractivity contribution in [2.45, 2.75) is 43.5 Å². The molecule has 0 aliphatic carbocycles. The van der Waals surface area contributed by atoms with Crippen LogP contribution in [0.15, 0.2) is 47.4 Å². The molecule has 9 heteroatoms. The molecule has 8 nitrogen and oxygen atoms in total. The molecule has 1 unspecified atom stereocenters. The molecule has 33 heavy (non-hydrogen) atoms. The molecular weight excluding hydrogens is 444 g/mol. The van der Waals surface area contributed by atoms with Gasteiger partial charge in [-0.05, 0) is 49.6 Å². The standard InChI is InChI=1S/C24H30N2O6S/c1-2-30-19-8-6-18(7-9-19)21-5-3-14-26(21)24(27)12-13-25-33(28,29)20-10-11-22-23(17-20)32-16-4-15-31-22/h6-11,17,21,25H,2-5,12-16H2,1H3. The van der Waals surface area contributed by atoms with E-state index in [0.29, 0.717) is 37.9 Å². The molecule has 1 N–H and O–H groups in total. The smallest absolute Gasteiger partial charge is 0.240 e. The summed E-state index contributed by atoms with van der Waals surface area (Å²) in [5.41, 5.74) is 1.07. The number of likely N-dealkylation sites (tertiary alicyclic amines) is 1. The third-order valence-electron chi connectivity index (χ3n) is 5.81. The fourth-order valence-electron chi connectivity index (χ4n) is 4.19. The fourth-order valence-corrected chi connectivity index (χ4v) is 5.24. The normalized spacial score (nSPS) is 18.1. The number of hydrogen-bond acceptors (Lipinski definition) is 6. The number of sulfonamides is 1. The SMILES string of the molecule is CCOc1ccc(C2CCCN2C(=O)CCNS(=O)(=O)c2ccc3c(c2)OCCCO3)cc1. The van der Waals surface area contributed by atoms with Gasteiger partial charge in [-0.25, -0.2) is 13.1 Å². The van der Waals surface area contributed by atoms with Gasteiger partial charge >= 0.3 is 0 Å². The summed E-state index contributed by atoms with van der Waals surface area (Å²) in [4.78, 5) is 14.8. The Morgan fingerprint density at radius 3 is 2.61 bits per heavy atom. The average Bonchev–Trinajstić information content (AvgIpc) is 3.18. The van der Waals surface area contributed by atoms with Crippen molar-refractivity contribution in [2.24, 2.45) is 0 Å². The van der Waals surface area contributed by atoms with Gasteiger partial charge < -0.3 is 19.1 Å². The molecule has 2 heterocycles. The highest BCUT2D eigenvalue weighted by atomic mass is 32.2. The first-order chi connectivity index (χ1) is 16.0. The summed E-state index contributed by atoms with van der Waals surface area (Å²) < 4.78 is 44.6. The second-order valence-electron chi connectivity index (χ2n) is 8.05. The summed E-state index contributed by atoms with van der Waals surface area (Å²) >= 11 is 0. The van der Waals surface area contributed by atoms with Crippen molar-refractivity contribution in [3.8, 4) is 17.2 Å². The number of nitrogens with zero attached hydrogens (tertiary/aromatic N) is 1. The topological polar surface area (TPSA) is 94.2 Å². The molecule has 2 aromatic carbocycles. The minimum absolute atomic E-state index is 0.00603. The number of nitrogens with one attached hydrogen (secondary N) is 1. The quantitative estimate of drug-likeness (QED) is 0.631. The zero-order chi connectivity index (χ0) is 23.3. The second kappa shape index (κ2) is 10.4. The summed E-state index contributed by atoms with van der Waals surface area (Å²) in [5.74, 6) is 1.70. The first-order valence-electron chi connectivity index (χ1n) is 11.4. The number of ether oxygens (including phenoxy) is 3. The van der Waals surface area contributed by atoms with E-state index in [4.69, 9.17) is 14.2 Å². The largest absolute Gasteiger partial charge is 0.494 e. The minimum atomic E-state index is -3.77. The zero-order valence-electron chi connectivity index (χ0n) is 18.8. The van der Waals surface area contributed by atoms with Crippen molar-refractivity contribution in [2.75, 3.05) is 32.9 Å². The Hall–Kier alpha value is -2.78. The van der Waals surface area contributed by atoms with Crippen molar-refractivity contribution < 1.29 is 27.4 Å². The molecule has 0 radical (unpaired) electrons. The summed E-state index contributed by atoms with van der Waals surface area (Å²) in [5, 5.41) is 0. The van der Waals surface area contributed by atoms with Gasteiger partial charge in [-0.2, -0.15) is 0 Å². The van der Waals surface area contributed by atoms with Crippen LogP contribution in [0.1, 0.15) is 44.2 Å². The lowest BCUT2D eigenvalue weighted by Gasteiger charge is -2.25. The number of carbonyl (C=O) groups excluding carboxylic acids is 1. The Labute approximate surface area is 194 Å². The van der Waals surface area contributed by atoms with Crippen LogP contribution in [0, 0.1) is 0 Å². The van der Waals surface area contributed by atoms with Gasteiger partial charge in [-0.3, -0.25) is 4.79 Å². The van der Waals surface area contributed by atoms with Gasteiger partial charge in [0.25, 0.3) is 0 Å². The van der Waals surface area contributed by atoms with Gasteiger partial charge in [-0.15, -0.1) is 0 Å². The van der Waals surface area contributed by atoms with Crippen LogP contribution in [0.25, 0.3) is 0 Å². The van der Waals surface area contributed by atoms with E-state index in [-0.39, 0.29) is 29.8 Å². The molecule has 0 aromatic heterocycles. The third-order valence-corrected chi connectivity index (χ3v) is 7.27. The van der Waals surface area contributed by atoms with Crippen LogP contribution in [0.3, 0.4) is 0 Å². The maximum atomic E-state index is 12.9. The van der Waals surface area contributed by atoms with Crippen LogP contribution in [0.2, 0.25) is 0 Å². The Balaban J connectivity index is 1.35. The predicted octanol–water partition coefficient (Wildman–Crippen LogP) is 3.28. The van der Waals surface area contributed by atoms with Crippen molar-refractivity contribution in [3.63, 3.8) is 0 Å². The monoisotopic (exact) mass is 474 g/mol. The van der Waals surface area contributed by atoms with Crippen molar-refractivity contribution >= 4 is 15.9 Å². The summed E-state index contributed by atoms with van der Waals surface area (Å²) in [7, 11) is -3.77. The van der Waals surface area contributed by atoms with E-state index in [0.717, 1.165) is 30.6 Å². The van der Waals surface area contributed by atoms with E-state index < -0.39 is 10.0 Å². The molecule has 178 valence electrons. The summed E-state index contributed by atoms with van der Waals surface area (Å²) in [6.07, 6.45) is 2.65. The maximum absolute atomic E-state index is 12.9. The van der Waals surface area contributed by atoms with E-state index in [9.17, 15) is 13.2 Å². The zero-order valence-corrected chi connectivity index (χ0v) is 19.6. The van der Waals surface area contributed by atoms with E-state index in [1.54, 1.807) is 6.07 Å². The Morgan fingerprint density at radius 1 is 1.09 bits per heavy atom. The molecule has 0 bridgehead atoms. The van der Waals surface area contributed by atoms with Gasteiger partial charge in [-0.1, -0.05) is 12.1 Å². The van der Waals surface area contributed by atoms with Crippen LogP contribution in [-0.2, 0) is 14.8 Å². The van der Waals surface area contributed by atoms with E-state index in [1.807, 2.05) is 36.1 Å². The molecule has 0 saturated carbocycles. The number of amides is 1.